The number of nitrogens with zero attached hydrogens (tertiary/aromatic N) is 2. The largest absolute Gasteiger partial charge is 0.456 e. The monoisotopic (exact) mass is 342 g/mol. The van der Waals surface area contributed by atoms with Crippen LogP contribution >= 0.6 is 11.8 Å². The summed E-state index contributed by atoms with van der Waals surface area (Å²) in [5.74, 6) is 1.42. The lowest BCUT2D eigenvalue weighted by Crippen LogP contribution is -2.39. The summed E-state index contributed by atoms with van der Waals surface area (Å²) in [6.45, 7) is 3.65. The Labute approximate surface area is 147 Å². The van der Waals surface area contributed by atoms with Gasteiger partial charge < -0.3 is 9.64 Å². The first kappa shape index (κ1) is 16.8. The average Bonchev–Trinajstić information content (AvgIpc) is 2.62. The number of ether oxygens (including phenoxy) is 1. The van der Waals surface area contributed by atoms with Crippen LogP contribution in [-0.2, 0) is 0 Å². The first-order valence-electron chi connectivity index (χ1n) is 8.18. The van der Waals surface area contributed by atoms with E-state index in [1.807, 2.05) is 47.9 Å². The third-order valence-corrected chi connectivity index (χ3v) is 5.38. The minimum Gasteiger partial charge on any atom is -0.456 e. The van der Waals surface area contributed by atoms with Crippen molar-refractivity contribution in [2.45, 2.75) is 25.0 Å². The molecule has 0 aliphatic carbocycles. The Bertz CT molecular complexity index is 695. The number of carbonyl (C=O) groups is 1. The molecule has 1 saturated heterocycles. The molecule has 1 fully saturated rings. The summed E-state index contributed by atoms with van der Waals surface area (Å²) in [6.07, 6.45) is 5.86. The van der Waals surface area contributed by atoms with Crippen LogP contribution in [-0.4, -0.2) is 40.4 Å². The molecule has 0 atom stereocenters. The smallest absolute Gasteiger partial charge is 0.272 e. The molecule has 5 heteroatoms. The van der Waals surface area contributed by atoms with Gasteiger partial charge in [0.2, 0.25) is 0 Å². The van der Waals surface area contributed by atoms with Crippen LogP contribution in [0.4, 0.5) is 0 Å². The molecular formula is C19H22N2O2S. The van der Waals surface area contributed by atoms with E-state index in [9.17, 15) is 4.79 Å². The highest BCUT2D eigenvalue weighted by Gasteiger charge is 2.23. The topological polar surface area (TPSA) is 42.4 Å². The Kier molecular flexibility index (Phi) is 5.41. The van der Waals surface area contributed by atoms with Crippen LogP contribution in [0.5, 0.6) is 11.5 Å². The molecule has 1 aliphatic heterocycles. The van der Waals surface area contributed by atoms with Crippen LogP contribution in [0, 0.1) is 6.92 Å². The van der Waals surface area contributed by atoms with Gasteiger partial charge in [-0.3, -0.25) is 4.79 Å². The zero-order chi connectivity index (χ0) is 16.9. The molecule has 4 nitrogen and oxygen atoms in total. The maximum atomic E-state index is 12.5. The molecule has 0 bridgehead atoms. The third-order valence-electron chi connectivity index (χ3n) is 4.24. The molecule has 2 aromatic rings. The Hall–Kier alpha value is -2.01. The van der Waals surface area contributed by atoms with Gasteiger partial charge in [0.1, 0.15) is 17.2 Å². The van der Waals surface area contributed by atoms with Crippen LogP contribution in [0.15, 0.2) is 42.6 Å². The number of aryl methyl sites for hydroxylation is 1. The maximum absolute atomic E-state index is 12.5. The van der Waals surface area contributed by atoms with E-state index in [4.69, 9.17) is 4.74 Å². The van der Waals surface area contributed by atoms with Crippen molar-refractivity contribution >= 4 is 17.7 Å². The van der Waals surface area contributed by atoms with E-state index < -0.39 is 0 Å². The average molecular weight is 342 g/mol. The highest BCUT2D eigenvalue weighted by molar-refractivity contribution is 7.99. The number of pyridine rings is 1. The number of aromatic nitrogens is 1. The van der Waals surface area contributed by atoms with Crippen molar-refractivity contribution in [3.8, 4) is 11.5 Å². The van der Waals surface area contributed by atoms with Crippen molar-refractivity contribution < 1.29 is 9.53 Å². The number of amides is 1. The summed E-state index contributed by atoms with van der Waals surface area (Å²) >= 11 is 1.89. The Morgan fingerprint density at radius 2 is 2.00 bits per heavy atom. The number of piperidine rings is 1. The zero-order valence-electron chi connectivity index (χ0n) is 14.1. The molecule has 1 amide bonds. The summed E-state index contributed by atoms with van der Waals surface area (Å²) < 4.78 is 5.78. The quantitative estimate of drug-likeness (QED) is 0.837. The van der Waals surface area contributed by atoms with E-state index in [-0.39, 0.29) is 5.91 Å². The van der Waals surface area contributed by atoms with Gasteiger partial charge in [0, 0.05) is 18.3 Å². The summed E-state index contributed by atoms with van der Waals surface area (Å²) in [7, 11) is 0. The number of benzene rings is 1. The molecule has 2 heterocycles. The zero-order valence-corrected chi connectivity index (χ0v) is 14.9. The van der Waals surface area contributed by atoms with Crippen molar-refractivity contribution in [3.63, 3.8) is 0 Å². The number of carbonyl (C=O) groups excluding carboxylic acids is 1. The predicted octanol–water partition coefficient (Wildman–Crippen LogP) is 4.15. The van der Waals surface area contributed by atoms with Crippen molar-refractivity contribution in [3.05, 3.63) is 53.9 Å². The molecule has 0 saturated carbocycles. The van der Waals surface area contributed by atoms with Crippen molar-refractivity contribution in [1.29, 1.82) is 0 Å². The highest BCUT2D eigenvalue weighted by Crippen LogP contribution is 2.24. The van der Waals surface area contributed by atoms with Gasteiger partial charge in [0.15, 0.2) is 0 Å². The van der Waals surface area contributed by atoms with E-state index in [0.717, 1.165) is 37.2 Å². The summed E-state index contributed by atoms with van der Waals surface area (Å²) in [4.78, 5) is 18.7. The first-order chi connectivity index (χ1) is 11.7. The van der Waals surface area contributed by atoms with Gasteiger partial charge in [-0.05, 0) is 55.9 Å². The van der Waals surface area contributed by atoms with Crippen LogP contribution in [0.3, 0.4) is 0 Å². The standard InChI is InChI=1S/C19H22N2O2S/c1-14-4-3-5-15(12-14)23-16-6-7-18(20-13-16)19(22)21-10-8-17(24-2)9-11-21/h3-7,12-13,17H,8-11H2,1-2H3. The molecular weight excluding hydrogens is 320 g/mol. The molecule has 0 unspecified atom stereocenters. The number of thioether (sulfide) groups is 1. The van der Waals surface area contributed by atoms with Crippen LogP contribution in [0.2, 0.25) is 0 Å². The van der Waals surface area contributed by atoms with E-state index in [2.05, 4.69) is 11.2 Å². The fraction of sp³-hybridized carbons (Fsp3) is 0.368. The minimum absolute atomic E-state index is 0.0108. The molecule has 0 N–H and O–H groups in total. The fourth-order valence-electron chi connectivity index (χ4n) is 2.84. The van der Waals surface area contributed by atoms with Crippen LogP contribution in [0.1, 0.15) is 28.9 Å². The minimum atomic E-state index is 0.0108. The number of hydrogen-bond donors (Lipinski definition) is 0. The van der Waals surface area contributed by atoms with Crippen LogP contribution in [0.25, 0.3) is 0 Å². The molecule has 1 aromatic heterocycles. The predicted molar refractivity (Wildman–Crippen MR) is 97.9 cm³/mol. The lowest BCUT2D eigenvalue weighted by molar-refractivity contribution is 0.0721. The Balaban J connectivity index is 1.63. The highest BCUT2D eigenvalue weighted by atomic mass is 32.2. The van der Waals surface area contributed by atoms with E-state index in [1.165, 1.54) is 0 Å². The van der Waals surface area contributed by atoms with Gasteiger partial charge >= 0.3 is 0 Å². The summed E-state index contributed by atoms with van der Waals surface area (Å²) in [5.41, 5.74) is 1.62. The molecule has 24 heavy (non-hydrogen) atoms. The SMILES string of the molecule is CSC1CCN(C(=O)c2ccc(Oc3cccc(C)c3)cn2)CC1. The number of likely N-dealkylation sites (tertiary alicyclic amines) is 1. The van der Waals surface area contributed by atoms with E-state index in [0.29, 0.717) is 16.7 Å². The number of rotatable bonds is 4. The molecule has 1 aromatic carbocycles. The summed E-state index contributed by atoms with van der Waals surface area (Å²) in [5, 5.41) is 0.673. The van der Waals surface area contributed by atoms with Crippen molar-refractivity contribution in [2.75, 3.05) is 19.3 Å². The first-order valence-corrected chi connectivity index (χ1v) is 9.47. The van der Waals surface area contributed by atoms with Gasteiger partial charge in [0.25, 0.3) is 5.91 Å². The molecule has 0 radical (unpaired) electrons. The second-order valence-corrected chi connectivity index (χ2v) is 7.16. The van der Waals surface area contributed by atoms with Gasteiger partial charge in [0.05, 0.1) is 6.20 Å². The lowest BCUT2D eigenvalue weighted by atomic mass is 10.1. The van der Waals surface area contributed by atoms with Crippen molar-refractivity contribution in [1.82, 2.24) is 9.88 Å². The molecule has 3 rings (SSSR count). The normalized spacial score (nSPS) is 15.3. The summed E-state index contributed by atoms with van der Waals surface area (Å²) in [6, 6.07) is 11.4. The molecule has 0 spiro atoms. The second-order valence-electron chi connectivity index (χ2n) is 6.02. The van der Waals surface area contributed by atoms with Gasteiger partial charge in [-0.15, -0.1) is 0 Å². The molecule has 126 valence electrons. The molecule has 1 aliphatic rings. The maximum Gasteiger partial charge on any atom is 0.272 e. The van der Waals surface area contributed by atoms with Gasteiger partial charge in [-0.2, -0.15) is 11.8 Å². The lowest BCUT2D eigenvalue weighted by Gasteiger charge is -2.30. The Morgan fingerprint density at radius 1 is 1.21 bits per heavy atom. The van der Waals surface area contributed by atoms with Crippen molar-refractivity contribution in [2.24, 2.45) is 0 Å². The van der Waals surface area contributed by atoms with E-state index >= 15 is 0 Å². The second kappa shape index (κ2) is 7.71. The number of hydrogen-bond acceptors (Lipinski definition) is 4. The van der Waals surface area contributed by atoms with E-state index in [1.54, 1.807) is 18.3 Å². The van der Waals surface area contributed by atoms with Crippen LogP contribution < -0.4 is 4.74 Å². The van der Waals surface area contributed by atoms with Gasteiger partial charge in [-0.25, -0.2) is 4.98 Å². The third kappa shape index (κ3) is 4.09. The fourth-order valence-corrected chi connectivity index (χ4v) is 3.52. The van der Waals surface area contributed by atoms with Gasteiger partial charge in [-0.1, -0.05) is 12.1 Å². The Morgan fingerprint density at radius 3 is 2.62 bits per heavy atom.